The second kappa shape index (κ2) is 6.79. The van der Waals surface area contributed by atoms with Gasteiger partial charge in [0.05, 0.1) is 27.1 Å². The van der Waals surface area contributed by atoms with Crippen LogP contribution in [-0.4, -0.2) is 34.3 Å². The molecule has 0 aliphatic carbocycles. The molecule has 1 N–H and O–H groups in total. The lowest BCUT2D eigenvalue weighted by atomic mass is 9.99. The summed E-state index contributed by atoms with van der Waals surface area (Å²) in [7, 11) is 0. The normalized spacial score (nSPS) is 17.9. The number of aromatic nitrogens is 2. The first kappa shape index (κ1) is 16.6. The molecule has 0 amide bonds. The summed E-state index contributed by atoms with van der Waals surface area (Å²) in [5.41, 5.74) is 2.84. The fourth-order valence-corrected chi connectivity index (χ4v) is 3.68. The number of hydrogen-bond donors (Lipinski definition) is 1. The molecule has 1 aromatic heterocycles. The van der Waals surface area contributed by atoms with Crippen molar-refractivity contribution in [2.75, 3.05) is 18.0 Å². The molecule has 1 atom stereocenters. The first-order valence-corrected chi connectivity index (χ1v) is 9.01. The number of aliphatic hydroxyl groups is 1. The molecule has 25 heavy (non-hydrogen) atoms. The number of fused-ring (bicyclic) bond motifs is 1. The quantitative estimate of drug-likeness (QED) is 0.714. The van der Waals surface area contributed by atoms with Gasteiger partial charge in [0.2, 0.25) is 0 Å². The molecule has 4 rings (SSSR count). The van der Waals surface area contributed by atoms with Crippen molar-refractivity contribution in [2.24, 2.45) is 0 Å². The highest BCUT2D eigenvalue weighted by atomic mass is 35.5. The van der Waals surface area contributed by atoms with Crippen LogP contribution in [0.25, 0.3) is 22.0 Å². The number of halogens is 2. The Bertz CT molecular complexity index is 926. The van der Waals surface area contributed by atoms with Crippen molar-refractivity contribution in [1.29, 1.82) is 0 Å². The van der Waals surface area contributed by atoms with E-state index in [0.29, 0.717) is 16.6 Å². The molecule has 1 aliphatic rings. The van der Waals surface area contributed by atoms with Crippen LogP contribution in [0, 0.1) is 0 Å². The fourth-order valence-electron chi connectivity index (χ4n) is 3.38. The molecule has 1 fully saturated rings. The van der Waals surface area contributed by atoms with Crippen molar-refractivity contribution in [3.05, 3.63) is 52.8 Å². The Labute approximate surface area is 156 Å². The molecule has 1 aliphatic heterocycles. The van der Waals surface area contributed by atoms with Gasteiger partial charge in [0.25, 0.3) is 0 Å². The van der Waals surface area contributed by atoms with Crippen molar-refractivity contribution in [3.63, 3.8) is 0 Å². The predicted molar refractivity (Wildman–Crippen MR) is 102 cm³/mol. The molecule has 128 valence electrons. The van der Waals surface area contributed by atoms with Crippen LogP contribution in [-0.2, 0) is 0 Å². The van der Waals surface area contributed by atoms with Gasteiger partial charge in [-0.1, -0.05) is 41.4 Å². The average molecular weight is 374 g/mol. The molecule has 0 spiro atoms. The topological polar surface area (TPSA) is 49.2 Å². The van der Waals surface area contributed by atoms with E-state index >= 15 is 0 Å². The minimum absolute atomic E-state index is 0.323. The molecule has 6 heteroatoms. The average Bonchev–Trinajstić information content (AvgIpc) is 2.63. The van der Waals surface area contributed by atoms with Crippen LogP contribution in [0.5, 0.6) is 0 Å². The molecule has 1 saturated heterocycles. The van der Waals surface area contributed by atoms with E-state index in [1.54, 1.807) is 12.4 Å². The largest absolute Gasteiger partial charge is 0.391 e. The van der Waals surface area contributed by atoms with E-state index in [-0.39, 0.29) is 6.10 Å². The first-order valence-electron chi connectivity index (χ1n) is 8.25. The van der Waals surface area contributed by atoms with Crippen molar-refractivity contribution >= 4 is 39.9 Å². The molecule has 3 aromatic rings. The molecule has 0 bridgehead atoms. The monoisotopic (exact) mass is 373 g/mol. The summed E-state index contributed by atoms with van der Waals surface area (Å²) in [4.78, 5) is 11.1. The maximum absolute atomic E-state index is 10.0. The zero-order chi connectivity index (χ0) is 17.4. The van der Waals surface area contributed by atoms with E-state index < -0.39 is 0 Å². The molecule has 2 heterocycles. The van der Waals surface area contributed by atoms with E-state index in [2.05, 4.69) is 14.9 Å². The molecular formula is C19H17Cl2N3O. The van der Waals surface area contributed by atoms with E-state index in [0.717, 1.165) is 47.2 Å². The minimum Gasteiger partial charge on any atom is -0.391 e. The highest BCUT2D eigenvalue weighted by Gasteiger charge is 2.22. The number of piperidine rings is 1. The molecular weight excluding hydrogens is 357 g/mol. The van der Waals surface area contributed by atoms with E-state index in [4.69, 9.17) is 23.2 Å². The number of aliphatic hydroxyl groups excluding tert-OH is 1. The SMILES string of the molecule is OC1CCCN(c2ncnc3cccc(-c4ccc(Cl)c(Cl)c4)c23)C1. The zero-order valence-electron chi connectivity index (χ0n) is 13.5. The highest BCUT2D eigenvalue weighted by Crippen LogP contribution is 2.36. The summed E-state index contributed by atoms with van der Waals surface area (Å²) in [5.74, 6) is 0.852. The Hall–Kier alpha value is -1.88. The number of anilines is 1. The van der Waals surface area contributed by atoms with Gasteiger partial charge < -0.3 is 10.0 Å². The second-order valence-electron chi connectivity index (χ2n) is 6.27. The third-order valence-electron chi connectivity index (χ3n) is 4.57. The second-order valence-corrected chi connectivity index (χ2v) is 7.08. The van der Waals surface area contributed by atoms with Crippen LogP contribution in [0.3, 0.4) is 0 Å². The van der Waals surface area contributed by atoms with E-state index in [9.17, 15) is 5.11 Å². The van der Waals surface area contributed by atoms with E-state index in [1.165, 1.54) is 0 Å². The van der Waals surface area contributed by atoms with Gasteiger partial charge in [-0.15, -0.1) is 0 Å². The Morgan fingerprint density at radius 2 is 1.96 bits per heavy atom. The lowest BCUT2D eigenvalue weighted by Gasteiger charge is -2.32. The summed E-state index contributed by atoms with van der Waals surface area (Å²) < 4.78 is 0. The summed E-state index contributed by atoms with van der Waals surface area (Å²) in [6.07, 6.45) is 3.04. The zero-order valence-corrected chi connectivity index (χ0v) is 15.0. The summed E-state index contributed by atoms with van der Waals surface area (Å²) in [6.45, 7) is 1.46. The van der Waals surface area contributed by atoms with Crippen LogP contribution in [0.2, 0.25) is 10.0 Å². The van der Waals surface area contributed by atoms with Crippen molar-refractivity contribution in [2.45, 2.75) is 18.9 Å². The number of β-amino-alcohol motifs (C(OH)–C–C–N with tert-alkyl or cyclic N) is 1. The standard InChI is InChI=1S/C19H17Cl2N3O/c20-15-7-6-12(9-16(15)21)14-4-1-5-17-18(14)19(23-11-22-17)24-8-2-3-13(25)10-24/h1,4-7,9,11,13,25H,2-3,8,10H2. The van der Waals surface area contributed by atoms with Crippen LogP contribution in [0.15, 0.2) is 42.7 Å². The number of nitrogens with zero attached hydrogens (tertiary/aromatic N) is 3. The van der Waals surface area contributed by atoms with Gasteiger partial charge in [-0.25, -0.2) is 9.97 Å². The van der Waals surface area contributed by atoms with Gasteiger partial charge >= 0.3 is 0 Å². The summed E-state index contributed by atoms with van der Waals surface area (Å²) >= 11 is 12.3. The number of benzene rings is 2. The van der Waals surface area contributed by atoms with E-state index in [1.807, 2.05) is 30.3 Å². The van der Waals surface area contributed by atoms with Crippen molar-refractivity contribution in [1.82, 2.24) is 9.97 Å². The molecule has 0 saturated carbocycles. The maximum atomic E-state index is 10.0. The van der Waals surface area contributed by atoms with Gasteiger partial charge in [-0.05, 0) is 42.2 Å². The molecule has 2 aromatic carbocycles. The van der Waals surface area contributed by atoms with Crippen LogP contribution in [0.4, 0.5) is 5.82 Å². The third-order valence-corrected chi connectivity index (χ3v) is 5.31. The lowest BCUT2D eigenvalue weighted by molar-refractivity contribution is 0.154. The van der Waals surface area contributed by atoms with Crippen molar-refractivity contribution < 1.29 is 5.11 Å². The van der Waals surface area contributed by atoms with Gasteiger partial charge in [0, 0.05) is 13.1 Å². The highest BCUT2D eigenvalue weighted by molar-refractivity contribution is 6.42. The Balaban J connectivity index is 1.91. The van der Waals surface area contributed by atoms with Crippen LogP contribution >= 0.6 is 23.2 Å². The number of hydrogen-bond acceptors (Lipinski definition) is 4. The lowest BCUT2D eigenvalue weighted by Crippen LogP contribution is -2.38. The Kier molecular flexibility index (Phi) is 4.50. The minimum atomic E-state index is -0.323. The van der Waals surface area contributed by atoms with Crippen LogP contribution in [0.1, 0.15) is 12.8 Å². The van der Waals surface area contributed by atoms with Gasteiger partial charge in [0.15, 0.2) is 0 Å². The predicted octanol–water partition coefficient (Wildman–Crippen LogP) is 4.56. The smallest absolute Gasteiger partial charge is 0.140 e. The van der Waals surface area contributed by atoms with Crippen molar-refractivity contribution in [3.8, 4) is 11.1 Å². The van der Waals surface area contributed by atoms with Gasteiger partial charge in [-0.3, -0.25) is 0 Å². The fraction of sp³-hybridized carbons (Fsp3) is 0.263. The molecule has 0 radical (unpaired) electrons. The first-order chi connectivity index (χ1) is 12.1. The van der Waals surface area contributed by atoms with Gasteiger partial charge in [-0.2, -0.15) is 0 Å². The van der Waals surface area contributed by atoms with Gasteiger partial charge in [0.1, 0.15) is 12.1 Å². The summed E-state index contributed by atoms with van der Waals surface area (Å²) in [6, 6.07) is 11.6. The maximum Gasteiger partial charge on any atom is 0.140 e. The molecule has 4 nitrogen and oxygen atoms in total. The molecule has 1 unspecified atom stereocenters. The van der Waals surface area contributed by atoms with Crippen LogP contribution < -0.4 is 4.90 Å². The Morgan fingerprint density at radius 1 is 1.08 bits per heavy atom. The third kappa shape index (κ3) is 3.17. The number of rotatable bonds is 2. The Morgan fingerprint density at radius 3 is 2.76 bits per heavy atom. The summed E-state index contributed by atoms with van der Waals surface area (Å²) in [5, 5.41) is 12.1.